The third-order valence-electron chi connectivity index (χ3n) is 2.33. The molecule has 6 nitrogen and oxygen atoms in total. The molecule has 0 N–H and O–H groups in total. The maximum absolute atomic E-state index is 11.4. The molecule has 0 saturated heterocycles. The predicted octanol–water partition coefficient (Wildman–Crippen LogP) is 0.972. The van der Waals surface area contributed by atoms with Crippen molar-refractivity contribution in [2.75, 3.05) is 7.11 Å². The van der Waals surface area contributed by atoms with Crippen LogP contribution < -0.4 is 0 Å². The van der Waals surface area contributed by atoms with Crippen LogP contribution in [0.5, 0.6) is 0 Å². The summed E-state index contributed by atoms with van der Waals surface area (Å²) in [5.74, 6) is -0.479. The zero-order valence-electron chi connectivity index (χ0n) is 9.84. The van der Waals surface area contributed by atoms with Crippen molar-refractivity contribution in [1.29, 1.82) is 0 Å². The highest BCUT2D eigenvalue weighted by Gasteiger charge is 2.12. The average molecular weight is 232 g/mol. The lowest BCUT2D eigenvalue weighted by atomic mass is 10.2. The second-order valence-corrected chi connectivity index (χ2v) is 3.57. The molecule has 0 radical (unpaired) electrons. The zero-order valence-corrected chi connectivity index (χ0v) is 9.84. The third kappa shape index (κ3) is 2.15. The molecule has 0 saturated carbocycles. The standard InChI is InChI=1S/C11H12N4O2/c1-7-4-10(15(2)14-7)8-5-9(11(16)17-3)13-6-12-8/h4-6H,1-3H3. The Morgan fingerprint density at radius 3 is 2.71 bits per heavy atom. The van der Waals surface area contributed by atoms with Crippen LogP contribution in [0.4, 0.5) is 0 Å². The maximum atomic E-state index is 11.4. The quantitative estimate of drug-likeness (QED) is 0.721. The topological polar surface area (TPSA) is 69.9 Å². The summed E-state index contributed by atoms with van der Waals surface area (Å²) in [6.45, 7) is 1.89. The molecule has 2 aromatic rings. The number of hydrogen-bond donors (Lipinski definition) is 0. The van der Waals surface area contributed by atoms with Crippen molar-refractivity contribution in [2.45, 2.75) is 6.92 Å². The molecule has 2 aromatic heterocycles. The van der Waals surface area contributed by atoms with Gasteiger partial charge < -0.3 is 4.74 Å². The lowest BCUT2D eigenvalue weighted by Gasteiger charge is -2.02. The molecule has 0 aliphatic heterocycles. The fourth-order valence-electron chi connectivity index (χ4n) is 1.56. The molecular weight excluding hydrogens is 220 g/mol. The first-order chi connectivity index (χ1) is 8.11. The summed E-state index contributed by atoms with van der Waals surface area (Å²) in [6.07, 6.45) is 1.34. The van der Waals surface area contributed by atoms with Crippen LogP contribution in [0.2, 0.25) is 0 Å². The Kier molecular flexibility index (Phi) is 2.86. The Hall–Kier alpha value is -2.24. The fraction of sp³-hybridized carbons (Fsp3) is 0.273. The lowest BCUT2D eigenvalue weighted by Crippen LogP contribution is -2.05. The minimum atomic E-state index is -0.479. The van der Waals surface area contributed by atoms with Crippen LogP contribution in [0.25, 0.3) is 11.4 Å². The van der Waals surface area contributed by atoms with Crippen LogP contribution in [-0.4, -0.2) is 32.8 Å². The maximum Gasteiger partial charge on any atom is 0.356 e. The lowest BCUT2D eigenvalue weighted by molar-refractivity contribution is 0.0594. The minimum Gasteiger partial charge on any atom is -0.464 e. The molecule has 0 atom stereocenters. The van der Waals surface area contributed by atoms with Crippen LogP contribution >= 0.6 is 0 Å². The van der Waals surface area contributed by atoms with Crippen molar-refractivity contribution in [1.82, 2.24) is 19.7 Å². The number of ether oxygens (including phenoxy) is 1. The number of methoxy groups -OCH3 is 1. The van der Waals surface area contributed by atoms with Crippen molar-refractivity contribution < 1.29 is 9.53 Å². The molecule has 0 fully saturated rings. The van der Waals surface area contributed by atoms with Gasteiger partial charge in [-0.25, -0.2) is 14.8 Å². The number of esters is 1. The van der Waals surface area contributed by atoms with Gasteiger partial charge in [-0.3, -0.25) is 4.68 Å². The Morgan fingerprint density at radius 2 is 2.12 bits per heavy atom. The molecule has 2 rings (SSSR count). The van der Waals surface area contributed by atoms with Crippen LogP contribution in [0, 0.1) is 6.92 Å². The highest BCUT2D eigenvalue weighted by molar-refractivity contribution is 5.88. The van der Waals surface area contributed by atoms with E-state index in [2.05, 4.69) is 19.8 Å². The first-order valence-electron chi connectivity index (χ1n) is 5.03. The van der Waals surface area contributed by atoms with E-state index in [1.807, 2.05) is 20.0 Å². The van der Waals surface area contributed by atoms with Crippen LogP contribution in [0.3, 0.4) is 0 Å². The van der Waals surface area contributed by atoms with Gasteiger partial charge >= 0.3 is 5.97 Å². The van der Waals surface area contributed by atoms with E-state index in [0.29, 0.717) is 5.69 Å². The number of nitrogens with zero attached hydrogens (tertiary/aromatic N) is 4. The van der Waals surface area contributed by atoms with E-state index < -0.39 is 5.97 Å². The molecular formula is C11H12N4O2. The van der Waals surface area contributed by atoms with Crippen molar-refractivity contribution in [2.24, 2.45) is 7.05 Å². The van der Waals surface area contributed by atoms with Crippen molar-refractivity contribution in [3.8, 4) is 11.4 Å². The number of hydrogen-bond acceptors (Lipinski definition) is 5. The summed E-state index contributed by atoms with van der Waals surface area (Å²) < 4.78 is 6.32. The van der Waals surface area contributed by atoms with E-state index >= 15 is 0 Å². The van der Waals surface area contributed by atoms with E-state index in [-0.39, 0.29) is 5.69 Å². The Labute approximate surface area is 98.3 Å². The molecule has 2 heterocycles. The van der Waals surface area contributed by atoms with Gasteiger partial charge in [-0.2, -0.15) is 5.10 Å². The second-order valence-electron chi connectivity index (χ2n) is 3.57. The van der Waals surface area contributed by atoms with Crippen LogP contribution in [0.15, 0.2) is 18.5 Å². The number of aryl methyl sites for hydroxylation is 2. The summed E-state index contributed by atoms with van der Waals surface area (Å²) in [7, 11) is 3.14. The van der Waals surface area contributed by atoms with Gasteiger partial charge in [0.15, 0.2) is 5.69 Å². The van der Waals surface area contributed by atoms with Gasteiger partial charge in [0.05, 0.1) is 24.2 Å². The predicted molar refractivity (Wildman–Crippen MR) is 60.3 cm³/mol. The van der Waals surface area contributed by atoms with Gasteiger partial charge in [0.1, 0.15) is 6.33 Å². The van der Waals surface area contributed by atoms with Gasteiger partial charge in [-0.1, -0.05) is 0 Å². The number of carbonyl (C=O) groups is 1. The Bertz CT molecular complexity index is 562. The molecule has 0 spiro atoms. The summed E-state index contributed by atoms with van der Waals surface area (Å²) in [6, 6.07) is 3.48. The normalized spacial score (nSPS) is 10.3. The van der Waals surface area contributed by atoms with Gasteiger partial charge in [0.2, 0.25) is 0 Å². The van der Waals surface area contributed by atoms with Gasteiger partial charge in [-0.05, 0) is 19.1 Å². The van der Waals surface area contributed by atoms with Crippen LogP contribution in [-0.2, 0) is 11.8 Å². The molecule has 88 valence electrons. The van der Waals surface area contributed by atoms with Crippen molar-refractivity contribution in [3.63, 3.8) is 0 Å². The number of rotatable bonds is 2. The largest absolute Gasteiger partial charge is 0.464 e. The molecule has 0 aromatic carbocycles. The SMILES string of the molecule is COC(=O)c1cc(-c2cc(C)nn2C)ncn1. The zero-order chi connectivity index (χ0) is 12.4. The molecule has 6 heteroatoms. The molecule has 0 aliphatic carbocycles. The molecule has 0 bridgehead atoms. The van der Waals surface area contributed by atoms with E-state index in [1.165, 1.54) is 13.4 Å². The molecule has 17 heavy (non-hydrogen) atoms. The summed E-state index contributed by atoms with van der Waals surface area (Å²) in [5.41, 5.74) is 2.59. The minimum absolute atomic E-state index is 0.233. The van der Waals surface area contributed by atoms with E-state index in [0.717, 1.165) is 11.4 Å². The Morgan fingerprint density at radius 1 is 1.35 bits per heavy atom. The van der Waals surface area contributed by atoms with Gasteiger partial charge in [0, 0.05) is 7.05 Å². The highest BCUT2D eigenvalue weighted by atomic mass is 16.5. The first kappa shape index (κ1) is 11.3. The highest BCUT2D eigenvalue weighted by Crippen LogP contribution is 2.17. The van der Waals surface area contributed by atoms with Crippen LogP contribution in [0.1, 0.15) is 16.2 Å². The smallest absolute Gasteiger partial charge is 0.356 e. The second kappa shape index (κ2) is 4.32. The average Bonchev–Trinajstić information content (AvgIpc) is 2.67. The summed E-state index contributed by atoms with van der Waals surface area (Å²) in [4.78, 5) is 19.3. The monoisotopic (exact) mass is 232 g/mol. The van der Waals surface area contributed by atoms with Crippen molar-refractivity contribution >= 4 is 5.97 Å². The van der Waals surface area contributed by atoms with Gasteiger partial charge in [-0.15, -0.1) is 0 Å². The first-order valence-corrected chi connectivity index (χ1v) is 5.03. The van der Waals surface area contributed by atoms with E-state index in [4.69, 9.17) is 0 Å². The molecule has 0 amide bonds. The fourth-order valence-corrected chi connectivity index (χ4v) is 1.56. The molecule has 0 unspecified atom stereocenters. The summed E-state index contributed by atoms with van der Waals surface area (Å²) in [5, 5.41) is 4.22. The van der Waals surface area contributed by atoms with E-state index in [1.54, 1.807) is 10.7 Å². The third-order valence-corrected chi connectivity index (χ3v) is 2.33. The van der Waals surface area contributed by atoms with Gasteiger partial charge in [0.25, 0.3) is 0 Å². The number of carbonyl (C=O) groups excluding carboxylic acids is 1. The Balaban J connectivity index is 2.46. The van der Waals surface area contributed by atoms with E-state index in [9.17, 15) is 4.79 Å². The molecule has 0 aliphatic rings. The van der Waals surface area contributed by atoms with Crippen molar-refractivity contribution in [3.05, 3.63) is 29.8 Å². The number of aromatic nitrogens is 4. The summed E-state index contributed by atoms with van der Waals surface area (Å²) >= 11 is 0.